The van der Waals surface area contributed by atoms with Crippen LogP contribution in [0.3, 0.4) is 0 Å². The Morgan fingerprint density at radius 2 is 1.88 bits per heavy atom. The Bertz CT molecular complexity index is 1390. The van der Waals surface area contributed by atoms with Crippen LogP contribution in [0.4, 0.5) is 10.5 Å². The lowest BCUT2D eigenvalue weighted by Crippen LogP contribution is -2.66. The largest absolute Gasteiger partial charge is 0.514 e. The van der Waals surface area contributed by atoms with Crippen LogP contribution >= 0.6 is 11.3 Å². The van der Waals surface area contributed by atoms with E-state index in [9.17, 15) is 33.5 Å². The second-order valence-corrected chi connectivity index (χ2v) is 12.6. The second kappa shape index (κ2) is 11.7. The van der Waals surface area contributed by atoms with E-state index >= 15 is 0 Å². The predicted octanol–water partition coefficient (Wildman–Crippen LogP) is 3.52. The fourth-order valence-electron chi connectivity index (χ4n) is 4.26. The number of fused-ring (bicyclic) bond motifs is 1. The fraction of sp³-hybridized carbons (Fsp3) is 0.385. The average molecular weight is 591 g/mol. The van der Waals surface area contributed by atoms with Gasteiger partial charge in [0.1, 0.15) is 34.8 Å². The van der Waals surface area contributed by atoms with Crippen LogP contribution in [0.2, 0.25) is 0 Å². The number of β-lactam (4-membered cyclic amide) rings is 1. The van der Waals surface area contributed by atoms with Gasteiger partial charge in [0.2, 0.25) is 5.91 Å². The van der Waals surface area contributed by atoms with Crippen LogP contribution in [0.25, 0.3) is 0 Å². The number of nitro benzene ring substituents is 1. The third-order valence-electron chi connectivity index (χ3n) is 5.92. The summed E-state index contributed by atoms with van der Waals surface area (Å²) in [6.45, 7) is 4.41. The number of ether oxygens (including phenoxy) is 3. The summed E-state index contributed by atoms with van der Waals surface area (Å²) in [4.78, 5) is 63.4. The smallest absolute Gasteiger partial charge is 0.455 e. The van der Waals surface area contributed by atoms with Gasteiger partial charge >= 0.3 is 12.1 Å². The molecule has 40 heavy (non-hydrogen) atoms. The Morgan fingerprint density at radius 1 is 1.18 bits per heavy atom. The molecule has 2 aromatic rings. The Hall–Kier alpha value is -3.91. The molecule has 1 aromatic heterocycles. The Kier molecular flexibility index (Phi) is 8.49. The first-order chi connectivity index (χ1) is 18.8. The maximum absolute atomic E-state index is 13.2. The number of non-ortho nitro benzene ring substituents is 1. The molecular weight excluding hydrogens is 564 g/mol. The summed E-state index contributed by atoms with van der Waals surface area (Å²) in [5.41, 5.74) is -1.19. The van der Waals surface area contributed by atoms with Gasteiger partial charge < -0.3 is 14.2 Å². The maximum atomic E-state index is 13.2. The molecule has 0 spiro atoms. The lowest BCUT2D eigenvalue weighted by Gasteiger charge is -2.49. The van der Waals surface area contributed by atoms with Crippen molar-refractivity contribution < 1.29 is 42.5 Å². The topological polar surface area (TPSA) is 159 Å². The molecule has 0 bridgehead atoms. The van der Waals surface area contributed by atoms with E-state index in [2.05, 4.69) is 0 Å². The van der Waals surface area contributed by atoms with Crippen molar-refractivity contribution in [3.05, 3.63) is 68.0 Å². The van der Waals surface area contributed by atoms with Gasteiger partial charge in [0.05, 0.1) is 16.6 Å². The third kappa shape index (κ3) is 6.62. The number of amides is 1. The monoisotopic (exact) mass is 590 g/mol. The number of carbonyl (C=O) groups excluding carboxylic acids is 4. The number of nitrogens with zero attached hydrogens (tertiary/aromatic N) is 2. The van der Waals surface area contributed by atoms with Crippen LogP contribution in [-0.4, -0.2) is 61.2 Å². The van der Waals surface area contributed by atoms with E-state index in [1.807, 2.05) is 17.5 Å². The first kappa shape index (κ1) is 29.1. The zero-order valence-corrected chi connectivity index (χ0v) is 23.5. The number of hydrogen-bond acceptors (Lipinski definition) is 11. The molecule has 14 heteroatoms. The van der Waals surface area contributed by atoms with Crippen LogP contribution in [0.1, 0.15) is 32.1 Å². The van der Waals surface area contributed by atoms with Crippen molar-refractivity contribution >= 4 is 51.6 Å². The minimum Gasteiger partial charge on any atom is -0.455 e. The highest BCUT2D eigenvalue weighted by molar-refractivity contribution is 7.86. The summed E-state index contributed by atoms with van der Waals surface area (Å²) in [7, 11) is -1.69. The summed E-state index contributed by atoms with van der Waals surface area (Å²) < 4.78 is 28.8. The zero-order valence-electron chi connectivity index (χ0n) is 21.8. The quantitative estimate of drug-likeness (QED) is 0.139. The van der Waals surface area contributed by atoms with Gasteiger partial charge in [-0.3, -0.25) is 28.8 Å². The normalized spacial score (nSPS) is 20.3. The van der Waals surface area contributed by atoms with Gasteiger partial charge in [-0.1, -0.05) is 6.07 Å². The van der Waals surface area contributed by atoms with Gasteiger partial charge in [0, 0.05) is 46.2 Å². The molecule has 212 valence electrons. The van der Waals surface area contributed by atoms with Crippen molar-refractivity contribution in [2.45, 2.75) is 44.6 Å². The van der Waals surface area contributed by atoms with E-state index in [0.717, 1.165) is 21.9 Å². The maximum Gasteiger partial charge on any atom is 0.514 e. The highest BCUT2D eigenvalue weighted by Gasteiger charge is 2.57. The minimum atomic E-state index is -1.69. The first-order valence-corrected chi connectivity index (χ1v) is 14.4. The number of esters is 1. The van der Waals surface area contributed by atoms with Crippen LogP contribution in [0, 0.1) is 16.0 Å². The summed E-state index contributed by atoms with van der Waals surface area (Å²) in [5, 5.41) is 11.7. The van der Waals surface area contributed by atoms with Crippen molar-refractivity contribution in [2.24, 2.45) is 5.92 Å². The molecule has 3 heterocycles. The highest BCUT2D eigenvalue weighted by atomic mass is 32.2. The van der Waals surface area contributed by atoms with Crippen LogP contribution in [0.5, 0.6) is 5.75 Å². The van der Waals surface area contributed by atoms with Crippen LogP contribution in [-0.2, 0) is 41.1 Å². The average Bonchev–Trinajstić information content (AvgIpc) is 3.37. The molecule has 0 saturated carbocycles. The van der Waals surface area contributed by atoms with Crippen molar-refractivity contribution in [2.75, 3.05) is 12.4 Å². The molecule has 1 unspecified atom stereocenters. The molecule has 2 aliphatic heterocycles. The van der Waals surface area contributed by atoms with E-state index in [4.69, 9.17) is 14.2 Å². The van der Waals surface area contributed by atoms with Gasteiger partial charge in [0.15, 0.2) is 0 Å². The number of Topliss-reactive ketones (excluding diaryl/α,β-unsaturated/α-hetero) is 1. The number of rotatable bonds is 9. The van der Waals surface area contributed by atoms with Gasteiger partial charge in [0.25, 0.3) is 5.69 Å². The summed E-state index contributed by atoms with van der Waals surface area (Å²) in [5.74, 6) is -2.62. The minimum absolute atomic E-state index is 0.0165. The molecule has 1 saturated heterocycles. The number of carbonyl (C=O) groups is 4. The molecule has 0 radical (unpaired) electrons. The molecule has 1 amide bonds. The van der Waals surface area contributed by atoms with E-state index in [1.54, 1.807) is 20.8 Å². The second-order valence-electron chi connectivity index (χ2n) is 10.1. The van der Waals surface area contributed by atoms with Crippen LogP contribution in [0.15, 0.2) is 53.0 Å². The zero-order chi connectivity index (χ0) is 29.2. The van der Waals surface area contributed by atoms with Gasteiger partial charge in [-0.25, -0.2) is 9.59 Å². The molecule has 0 aliphatic carbocycles. The standard InChI is InChI=1S/C26H26N2O10S2/c1-26(2,3)38-24(31)21-15(13-36-25(32)37-18-8-6-16(7-9-18)28(33)34)14-40(35)23-20(22(30)27(21)23)12-17(29)11-19-5-4-10-39-19/h4-10,20,23H,11-14H2,1-3H3/t20-,23-,40?/m1/s1. The van der Waals surface area contributed by atoms with Gasteiger partial charge in [-0.05, 0) is 44.4 Å². The van der Waals surface area contributed by atoms with E-state index < -0.39 is 57.3 Å². The summed E-state index contributed by atoms with van der Waals surface area (Å²) >= 11 is 1.42. The Morgan fingerprint density at radius 3 is 2.48 bits per heavy atom. The summed E-state index contributed by atoms with van der Waals surface area (Å²) in [6.07, 6.45) is -1.13. The van der Waals surface area contributed by atoms with E-state index in [1.165, 1.54) is 23.5 Å². The van der Waals surface area contributed by atoms with Crippen LogP contribution < -0.4 is 4.74 Å². The molecule has 3 atom stereocenters. The lowest BCUT2D eigenvalue weighted by atomic mass is 9.89. The van der Waals surface area contributed by atoms with Gasteiger partial charge in [-0.2, -0.15) is 0 Å². The number of benzene rings is 1. The number of hydrogen-bond donors (Lipinski definition) is 0. The molecule has 2 aliphatic rings. The number of thiophene rings is 1. The Labute approximate surface area is 235 Å². The molecule has 0 N–H and O–H groups in total. The van der Waals surface area contributed by atoms with Gasteiger partial charge in [-0.15, -0.1) is 11.3 Å². The number of nitro groups is 1. The van der Waals surface area contributed by atoms with E-state index in [-0.39, 0.29) is 47.1 Å². The molecule has 12 nitrogen and oxygen atoms in total. The first-order valence-electron chi connectivity index (χ1n) is 12.1. The Balaban J connectivity index is 1.50. The molecule has 1 fully saturated rings. The van der Waals surface area contributed by atoms with Crippen molar-refractivity contribution in [1.29, 1.82) is 0 Å². The van der Waals surface area contributed by atoms with Crippen molar-refractivity contribution in [3.63, 3.8) is 0 Å². The molecule has 1 aromatic carbocycles. The highest BCUT2D eigenvalue weighted by Crippen LogP contribution is 2.41. The van der Waals surface area contributed by atoms with Crippen molar-refractivity contribution in [1.82, 2.24) is 4.90 Å². The van der Waals surface area contributed by atoms with Crippen molar-refractivity contribution in [3.8, 4) is 5.75 Å². The summed E-state index contributed by atoms with van der Waals surface area (Å²) in [6, 6.07) is 8.36. The fourth-order valence-corrected chi connectivity index (χ4v) is 6.75. The molecule has 4 rings (SSSR count). The SMILES string of the molecule is CC(C)(C)OC(=O)C1=C(COC(=O)Oc2ccc([N+](=O)[O-])cc2)CS(=O)[C@@H]2[C@H](CC(=O)Cc3cccs3)C(=O)N12. The molecular formula is C26H26N2O10S2. The predicted molar refractivity (Wildman–Crippen MR) is 143 cm³/mol. The lowest BCUT2D eigenvalue weighted by molar-refractivity contribution is -0.384. The third-order valence-corrected chi connectivity index (χ3v) is 8.51. The number of ketones is 1. The van der Waals surface area contributed by atoms with E-state index in [0.29, 0.717) is 0 Å².